The highest BCUT2D eigenvalue weighted by atomic mass is 32.2. The zero-order chi connectivity index (χ0) is 34.8. The van der Waals surface area contributed by atoms with Gasteiger partial charge in [0.05, 0.1) is 12.2 Å². The number of benzene rings is 1. The number of carbonyl (C=O) groups is 1. The number of thioether (sulfide) groups is 1. The molecule has 0 radical (unpaired) electrons. The Morgan fingerprint density at radius 3 is 2.15 bits per heavy atom. The van der Waals surface area contributed by atoms with E-state index in [0.717, 1.165) is 32.1 Å². The molecule has 5 rings (SSSR count). The maximum Gasteiger partial charge on any atom is 0.373 e. The van der Waals surface area contributed by atoms with Gasteiger partial charge in [0.25, 0.3) is 0 Å². The zero-order valence-electron chi connectivity index (χ0n) is 31.6. The monoisotopic (exact) mass is 694 g/mol. The Hall–Kier alpha value is -1.39. The Morgan fingerprint density at radius 1 is 0.915 bits per heavy atom. The van der Waals surface area contributed by atoms with Crippen LogP contribution in [0.5, 0.6) is 5.75 Å². The predicted octanol–water partition coefficient (Wildman–Crippen LogP) is 12.1. The van der Waals surface area contributed by atoms with Gasteiger partial charge in [-0.3, -0.25) is 0 Å². The largest absolute Gasteiger partial charge is 0.418 e. The van der Waals surface area contributed by atoms with Crippen LogP contribution in [0.4, 0.5) is 4.79 Å². The number of rotatable bonds is 7. The number of hydrogen-bond donors (Lipinski definition) is 0. The molecule has 0 amide bonds. The molecule has 0 aliphatic heterocycles. The Bertz CT molecular complexity index is 1430. The van der Waals surface area contributed by atoms with Crippen molar-refractivity contribution in [3.8, 4) is 5.75 Å². The number of hydrogen-bond acceptors (Lipinski definition) is 5. The molecule has 7 heteroatoms. The maximum atomic E-state index is 12.9. The molecule has 1 aromatic rings. The van der Waals surface area contributed by atoms with E-state index in [1.54, 1.807) is 5.57 Å². The molecule has 2 fully saturated rings. The molecular formula is C40H62O4SSi2. The van der Waals surface area contributed by atoms with Gasteiger partial charge in [0, 0.05) is 10.7 Å². The molecule has 4 aliphatic rings. The maximum absolute atomic E-state index is 12.9. The van der Waals surface area contributed by atoms with Gasteiger partial charge in [0.2, 0.25) is 0 Å². The molecular weight excluding hydrogens is 633 g/mol. The van der Waals surface area contributed by atoms with Gasteiger partial charge in [-0.15, -0.1) is 0 Å². The first-order valence-electron chi connectivity index (χ1n) is 18.0. The summed E-state index contributed by atoms with van der Waals surface area (Å²) in [6.07, 6.45) is 13.0. The molecule has 4 aliphatic carbocycles. The highest BCUT2D eigenvalue weighted by Crippen LogP contribution is 2.65. The molecule has 7 atom stereocenters. The van der Waals surface area contributed by atoms with Crippen LogP contribution in [0.1, 0.15) is 94.4 Å². The highest BCUT2D eigenvalue weighted by Gasteiger charge is 2.59. The van der Waals surface area contributed by atoms with Gasteiger partial charge in [-0.2, -0.15) is 0 Å². The minimum absolute atomic E-state index is 0.0436. The molecule has 0 heterocycles. The number of ether oxygens (including phenoxy) is 1. The topological polar surface area (TPSA) is 44.8 Å². The van der Waals surface area contributed by atoms with E-state index >= 15 is 0 Å². The van der Waals surface area contributed by atoms with E-state index in [0.29, 0.717) is 17.6 Å². The van der Waals surface area contributed by atoms with Crippen LogP contribution >= 0.6 is 11.8 Å². The third-order valence-electron chi connectivity index (χ3n) is 13.4. The van der Waals surface area contributed by atoms with Crippen molar-refractivity contribution in [3.05, 3.63) is 65.3 Å². The standard InChI is InChI=1S/C40H62O4SSi2/c1-27(45-36(41)42-29-17-15-14-16-18-29)32-21-22-33-31-20-19-28-25-30(43-46(10,11)37(2,3)4)26-35(44-47(12,13)38(5,6)7)40(28,9)34(31)23-24-39(32,33)8/h14-21,27,30,33-35H,22-26H2,1-13H3/t27?,30-,33+,34+,35+,39-,40+/m1/s1. The van der Waals surface area contributed by atoms with E-state index in [1.807, 2.05) is 30.3 Å². The van der Waals surface area contributed by atoms with Crippen molar-refractivity contribution < 1.29 is 18.4 Å². The first kappa shape index (κ1) is 36.9. The van der Waals surface area contributed by atoms with Crippen molar-refractivity contribution in [1.82, 2.24) is 0 Å². The van der Waals surface area contributed by atoms with Gasteiger partial charge >= 0.3 is 5.30 Å². The molecule has 4 nitrogen and oxygen atoms in total. The van der Waals surface area contributed by atoms with Gasteiger partial charge in [0.1, 0.15) is 5.75 Å². The van der Waals surface area contributed by atoms with Crippen molar-refractivity contribution in [2.24, 2.45) is 22.7 Å². The molecule has 1 unspecified atom stereocenters. The van der Waals surface area contributed by atoms with Crippen molar-refractivity contribution in [3.63, 3.8) is 0 Å². The molecule has 1 aromatic carbocycles. The van der Waals surface area contributed by atoms with Gasteiger partial charge in [-0.1, -0.05) is 109 Å². The van der Waals surface area contributed by atoms with E-state index in [4.69, 9.17) is 13.6 Å². The third-order valence-corrected chi connectivity index (χ3v) is 23.3. The normalized spacial score (nSPS) is 31.9. The Labute approximate surface area is 292 Å². The SMILES string of the molecule is CC(SC(=O)Oc1ccccc1)C1=CC[C@H]2C3=CC=C4C[C@@H](O[Si](C)(C)C(C)(C)C)C[C@H](O[Si](C)(C)C(C)(C)C)[C@]4(C)[C@H]3CC[C@]12C. The quantitative estimate of drug-likeness (QED) is 0.161. The van der Waals surface area contributed by atoms with Crippen LogP contribution < -0.4 is 4.74 Å². The van der Waals surface area contributed by atoms with Gasteiger partial charge in [-0.25, -0.2) is 4.79 Å². The molecule has 0 aromatic heterocycles. The van der Waals surface area contributed by atoms with Gasteiger partial charge in [0.15, 0.2) is 16.6 Å². The summed E-state index contributed by atoms with van der Waals surface area (Å²) in [5, 5.41) is 0.149. The lowest BCUT2D eigenvalue weighted by Crippen LogP contribution is -2.58. The molecule has 0 spiro atoms. The van der Waals surface area contributed by atoms with E-state index in [9.17, 15) is 4.79 Å². The fraction of sp³-hybridized carbons (Fsp3) is 0.675. The fourth-order valence-corrected chi connectivity index (χ4v) is 12.2. The van der Waals surface area contributed by atoms with Gasteiger partial charge < -0.3 is 13.6 Å². The second-order valence-electron chi connectivity index (χ2n) is 18.3. The summed E-state index contributed by atoms with van der Waals surface area (Å²) in [7, 11) is -4.00. The molecule has 260 valence electrons. The summed E-state index contributed by atoms with van der Waals surface area (Å²) >= 11 is 1.32. The second-order valence-corrected chi connectivity index (χ2v) is 29.1. The van der Waals surface area contributed by atoms with Gasteiger partial charge in [-0.05, 0) is 116 Å². The average molecular weight is 695 g/mol. The van der Waals surface area contributed by atoms with Crippen molar-refractivity contribution in [2.45, 2.75) is 148 Å². The number of fused-ring (bicyclic) bond motifs is 5. The average Bonchev–Trinajstić information content (AvgIpc) is 3.30. The van der Waals surface area contributed by atoms with Crippen LogP contribution in [0.3, 0.4) is 0 Å². The lowest BCUT2D eigenvalue weighted by molar-refractivity contribution is -0.0386. The van der Waals surface area contributed by atoms with E-state index in [2.05, 4.69) is 107 Å². The number of para-hydroxylation sites is 1. The fourth-order valence-electron chi connectivity index (χ4n) is 8.46. The lowest BCUT2D eigenvalue weighted by atomic mass is 9.49. The summed E-state index contributed by atoms with van der Waals surface area (Å²) in [6, 6.07) is 9.40. The van der Waals surface area contributed by atoms with Crippen LogP contribution in [0.15, 0.2) is 65.3 Å². The molecule has 0 bridgehead atoms. The molecule has 47 heavy (non-hydrogen) atoms. The summed E-state index contributed by atoms with van der Waals surface area (Å²) in [6.45, 7) is 31.0. The van der Waals surface area contributed by atoms with Crippen LogP contribution in [-0.2, 0) is 8.85 Å². The molecule has 2 saturated carbocycles. The smallest absolute Gasteiger partial charge is 0.373 e. The second kappa shape index (κ2) is 12.7. The first-order valence-corrected chi connectivity index (χ1v) is 24.7. The van der Waals surface area contributed by atoms with E-state index < -0.39 is 16.6 Å². The first-order chi connectivity index (χ1) is 21.6. The summed E-state index contributed by atoms with van der Waals surface area (Å²) in [5.41, 5.74) is 4.55. The van der Waals surface area contributed by atoms with Crippen molar-refractivity contribution >= 4 is 33.7 Å². The van der Waals surface area contributed by atoms with Crippen molar-refractivity contribution in [2.75, 3.05) is 0 Å². The Morgan fingerprint density at radius 2 is 1.53 bits per heavy atom. The van der Waals surface area contributed by atoms with Crippen LogP contribution in [0.25, 0.3) is 0 Å². The van der Waals surface area contributed by atoms with Crippen LogP contribution in [-0.4, -0.2) is 39.4 Å². The van der Waals surface area contributed by atoms with Crippen LogP contribution in [0, 0.1) is 22.7 Å². The highest BCUT2D eigenvalue weighted by molar-refractivity contribution is 8.14. The van der Waals surface area contributed by atoms with E-state index in [1.165, 1.54) is 22.9 Å². The van der Waals surface area contributed by atoms with E-state index in [-0.39, 0.29) is 43.7 Å². The molecule has 0 saturated heterocycles. The summed E-state index contributed by atoms with van der Waals surface area (Å²) in [5.74, 6) is 1.51. The summed E-state index contributed by atoms with van der Waals surface area (Å²) < 4.78 is 20.3. The summed E-state index contributed by atoms with van der Waals surface area (Å²) in [4.78, 5) is 12.9. The minimum atomic E-state index is -2.06. The predicted molar refractivity (Wildman–Crippen MR) is 204 cm³/mol. The number of allylic oxidation sites excluding steroid dienone is 4. The lowest BCUT2D eigenvalue weighted by Gasteiger charge is -2.59. The molecule has 0 N–H and O–H groups in total. The van der Waals surface area contributed by atoms with Crippen molar-refractivity contribution in [1.29, 1.82) is 0 Å². The Balaban J connectivity index is 1.42. The van der Waals surface area contributed by atoms with Crippen LogP contribution in [0.2, 0.25) is 36.3 Å². The third kappa shape index (κ3) is 6.87. The zero-order valence-corrected chi connectivity index (χ0v) is 34.4. The number of carbonyl (C=O) groups excluding carboxylic acids is 1. The minimum Gasteiger partial charge on any atom is -0.418 e. The Kier molecular flexibility index (Phi) is 10.00.